The molecule has 1 N–H and O–H groups in total. The van der Waals surface area contributed by atoms with Gasteiger partial charge in [0.2, 0.25) is 0 Å². The summed E-state index contributed by atoms with van der Waals surface area (Å²) < 4.78 is 0. The molecule has 0 aromatic carbocycles. The number of nitrogens with zero attached hydrogens (tertiary/aromatic N) is 2. The van der Waals surface area contributed by atoms with E-state index in [1.807, 2.05) is 18.4 Å². The number of guanidine groups is 1. The zero-order valence-electron chi connectivity index (χ0n) is 12.0. The Hall–Kier alpha value is -0.300. The van der Waals surface area contributed by atoms with Crippen molar-refractivity contribution in [2.45, 2.75) is 33.2 Å². The van der Waals surface area contributed by atoms with E-state index in [0.29, 0.717) is 0 Å². The molecule has 1 aliphatic heterocycles. The lowest BCUT2D eigenvalue weighted by atomic mass is 10.00. The molecule has 2 rings (SSSR count). The van der Waals surface area contributed by atoms with Crippen LogP contribution in [0, 0.1) is 12.8 Å². The zero-order valence-corrected chi connectivity index (χ0v) is 15.1. The van der Waals surface area contributed by atoms with Gasteiger partial charge in [0.15, 0.2) is 5.96 Å². The number of aryl methyl sites for hydroxylation is 1. The van der Waals surface area contributed by atoms with E-state index in [4.69, 9.17) is 0 Å². The standard InChI is InChI=1S/C14H23N3S.HI/c1-11-6-8-17(9-7-11)14(15-3)16-10-13-5-4-12(2)18-13;/h4-5,11H,6-10H2,1-3H3,(H,15,16);1H. The van der Waals surface area contributed by atoms with E-state index in [2.05, 4.69) is 41.2 Å². The molecule has 0 bridgehead atoms. The third-order valence-corrected chi connectivity index (χ3v) is 4.51. The second-order valence-electron chi connectivity index (χ2n) is 5.08. The molecule has 3 nitrogen and oxygen atoms in total. The molecule has 1 aromatic rings. The summed E-state index contributed by atoms with van der Waals surface area (Å²) in [6.45, 7) is 7.63. The number of nitrogens with one attached hydrogen (secondary N) is 1. The monoisotopic (exact) mass is 393 g/mol. The van der Waals surface area contributed by atoms with Crippen molar-refractivity contribution in [1.82, 2.24) is 10.2 Å². The van der Waals surface area contributed by atoms with E-state index in [1.54, 1.807) is 0 Å². The second-order valence-corrected chi connectivity index (χ2v) is 6.46. The maximum Gasteiger partial charge on any atom is 0.193 e. The first kappa shape index (κ1) is 16.8. The molecular formula is C14H24IN3S. The molecular weight excluding hydrogens is 369 g/mol. The first-order valence-corrected chi connectivity index (χ1v) is 7.51. The lowest BCUT2D eigenvalue weighted by Crippen LogP contribution is -2.44. The van der Waals surface area contributed by atoms with Crippen LogP contribution in [-0.2, 0) is 6.54 Å². The third-order valence-electron chi connectivity index (χ3n) is 3.51. The number of hydrogen-bond acceptors (Lipinski definition) is 2. The Morgan fingerprint density at radius 3 is 2.63 bits per heavy atom. The Labute approximate surface area is 137 Å². The molecule has 19 heavy (non-hydrogen) atoms. The Kier molecular flexibility index (Phi) is 7.13. The third kappa shape index (κ3) is 4.95. The fourth-order valence-corrected chi connectivity index (χ4v) is 3.13. The summed E-state index contributed by atoms with van der Waals surface area (Å²) in [7, 11) is 1.88. The van der Waals surface area contributed by atoms with Gasteiger partial charge in [-0.05, 0) is 37.8 Å². The summed E-state index contributed by atoms with van der Waals surface area (Å²) >= 11 is 1.85. The highest BCUT2D eigenvalue weighted by atomic mass is 127. The van der Waals surface area contributed by atoms with E-state index in [1.165, 1.54) is 22.6 Å². The SMILES string of the molecule is CN=C(NCc1ccc(C)s1)N1CCC(C)CC1.I. The minimum Gasteiger partial charge on any atom is -0.351 e. The average molecular weight is 393 g/mol. The van der Waals surface area contributed by atoms with Gasteiger partial charge in [0.25, 0.3) is 0 Å². The molecule has 1 fully saturated rings. The van der Waals surface area contributed by atoms with Crippen molar-refractivity contribution in [3.8, 4) is 0 Å². The Bertz CT molecular complexity index is 409. The van der Waals surface area contributed by atoms with Gasteiger partial charge in [-0.15, -0.1) is 35.3 Å². The quantitative estimate of drug-likeness (QED) is 0.473. The minimum atomic E-state index is 0. The van der Waals surface area contributed by atoms with Crippen LogP contribution in [0.3, 0.4) is 0 Å². The van der Waals surface area contributed by atoms with Crippen molar-refractivity contribution < 1.29 is 0 Å². The van der Waals surface area contributed by atoms with Crippen molar-refractivity contribution in [2.75, 3.05) is 20.1 Å². The average Bonchev–Trinajstić information content (AvgIpc) is 2.78. The Morgan fingerprint density at radius 2 is 2.11 bits per heavy atom. The Morgan fingerprint density at radius 1 is 1.42 bits per heavy atom. The van der Waals surface area contributed by atoms with Crippen LogP contribution in [-0.4, -0.2) is 31.0 Å². The molecule has 0 spiro atoms. The molecule has 0 saturated carbocycles. The van der Waals surface area contributed by atoms with E-state index < -0.39 is 0 Å². The zero-order chi connectivity index (χ0) is 13.0. The van der Waals surface area contributed by atoms with Gasteiger partial charge in [-0.1, -0.05) is 6.92 Å². The maximum atomic E-state index is 4.39. The number of likely N-dealkylation sites (tertiary alicyclic amines) is 1. The van der Waals surface area contributed by atoms with Gasteiger partial charge < -0.3 is 10.2 Å². The largest absolute Gasteiger partial charge is 0.351 e. The first-order valence-electron chi connectivity index (χ1n) is 6.70. The normalized spacial score (nSPS) is 17.2. The van der Waals surface area contributed by atoms with Crippen molar-refractivity contribution in [3.05, 3.63) is 21.9 Å². The van der Waals surface area contributed by atoms with Crippen molar-refractivity contribution in [2.24, 2.45) is 10.9 Å². The number of hydrogen-bond donors (Lipinski definition) is 1. The summed E-state index contributed by atoms with van der Waals surface area (Å²) in [6, 6.07) is 4.37. The highest BCUT2D eigenvalue weighted by Gasteiger charge is 2.18. The maximum absolute atomic E-state index is 4.39. The van der Waals surface area contributed by atoms with Crippen LogP contribution in [0.1, 0.15) is 29.5 Å². The summed E-state index contributed by atoms with van der Waals surface area (Å²) in [6.07, 6.45) is 2.55. The number of thiophene rings is 1. The molecule has 0 unspecified atom stereocenters. The van der Waals surface area contributed by atoms with Crippen LogP contribution in [0.25, 0.3) is 0 Å². The second kappa shape index (κ2) is 8.09. The van der Waals surface area contributed by atoms with Crippen molar-refractivity contribution in [1.29, 1.82) is 0 Å². The van der Waals surface area contributed by atoms with Gasteiger partial charge in [-0.3, -0.25) is 4.99 Å². The molecule has 108 valence electrons. The molecule has 0 radical (unpaired) electrons. The number of rotatable bonds is 2. The van der Waals surface area contributed by atoms with Gasteiger partial charge in [-0.2, -0.15) is 0 Å². The van der Waals surface area contributed by atoms with Crippen LogP contribution in [0.4, 0.5) is 0 Å². The van der Waals surface area contributed by atoms with Crippen molar-refractivity contribution >= 4 is 41.3 Å². The molecule has 5 heteroatoms. The van der Waals surface area contributed by atoms with Crippen LogP contribution in [0.5, 0.6) is 0 Å². The van der Waals surface area contributed by atoms with Gasteiger partial charge in [0, 0.05) is 29.9 Å². The predicted molar refractivity (Wildman–Crippen MR) is 94.6 cm³/mol. The van der Waals surface area contributed by atoms with E-state index in [0.717, 1.165) is 31.5 Å². The van der Waals surface area contributed by atoms with E-state index >= 15 is 0 Å². The number of piperidine rings is 1. The Balaban J connectivity index is 0.00000180. The summed E-state index contributed by atoms with van der Waals surface area (Å²) in [5.74, 6) is 1.91. The smallest absolute Gasteiger partial charge is 0.193 e. The lowest BCUT2D eigenvalue weighted by Gasteiger charge is -2.32. The number of aliphatic imine (C=N–C) groups is 1. The predicted octanol–water partition coefficient (Wildman–Crippen LogP) is 3.48. The van der Waals surface area contributed by atoms with Crippen LogP contribution >= 0.6 is 35.3 Å². The van der Waals surface area contributed by atoms with Gasteiger partial charge in [-0.25, -0.2) is 0 Å². The van der Waals surface area contributed by atoms with E-state index in [-0.39, 0.29) is 24.0 Å². The van der Waals surface area contributed by atoms with Crippen LogP contribution in [0.2, 0.25) is 0 Å². The lowest BCUT2D eigenvalue weighted by molar-refractivity contribution is 0.273. The van der Waals surface area contributed by atoms with Gasteiger partial charge in [0.05, 0.1) is 6.54 Å². The highest BCUT2D eigenvalue weighted by Crippen LogP contribution is 2.17. The van der Waals surface area contributed by atoms with Crippen LogP contribution < -0.4 is 5.32 Å². The summed E-state index contributed by atoms with van der Waals surface area (Å²) in [5.41, 5.74) is 0. The van der Waals surface area contributed by atoms with E-state index in [9.17, 15) is 0 Å². The molecule has 0 atom stereocenters. The molecule has 1 aliphatic rings. The highest BCUT2D eigenvalue weighted by molar-refractivity contribution is 14.0. The number of halogens is 1. The topological polar surface area (TPSA) is 27.6 Å². The summed E-state index contributed by atoms with van der Waals surface area (Å²) in [5, 5.41) is 3.47. The molecule has 1 aromatic heterocycles. The fraction of sp³-hybridized carbons (Fsp3) is 0.643. The minimum absolute atomic E-state index is 0. The van der Waals surface area contributed by atoms with Gasteiger partial charge in [0.1, 0.15) is 0 Å². The van der Waals surface area contributed by atoms with Crippen molar-refractivity contribution in [3.63, 3.8) is 0 Å². The van der Waals surface area contributed by atoms with Crippen LogP contribution in [0.15, 0.2) is 17.1 Å². The first-order chi connectivity index (χ1) is 8.69. The molecule has 0 aliphatic carbocycles. The molecule has 0 amide bonds. The summed E-state index contributed by atoms with van der Waals surface area (Å²) in [4.78, 5) is 9.51. The molecule has 2 heterocycles. The van der Waals surface area contributed by atoms with Gasteiger partial charge >= 0.3 is 0 Å². The molecule has 1 saturated heterocycles. The fourth-order valence-electron chi connectivity index (χ4n) is 2.30.